The van der Waals surface area contributed by atoms with E-state index in [-0.39, 0.29) is 0 Å². The quantitative estimate of drug-likeness (QED) is 0.830. The zero-order valence-electron chi connectivity index (χ0n) is 8.08. The molecule has 15 heavy (non-hydrogen) atoms. The number of aliphatic hydroxyl groups excluding tert-OH is 1. The summed E-state index contributed by atoms with van der Waals surface area (Å²) in [6.07, 6.45) is 0.970. The number of thiazole rings is 1. The molecule has 78 valence electrons. The van der Waals surface area contributed by atoms with E-state index in [1.165, 1.54) is 11.3 Å². The molecule has 2 rings (SSSR count). The summed E-state index contributed by atoms with van der Waals surface area (Å²) >= 11 is 1.41. The molecule has 1 aromatic heterocycles. The summed E-state index contributed by atoms with van der Waals surface area (Å²) in [5.41, 5.74) is 8.58. The molecule has 1 heterocycles. The largest absolute Gasteiger partial charge is 0.386 e. The van der Waals surface area contributed by atoms with Crippen LogP contribution in [-0.2, 0) is 0 Å². The van der Waals surface area contributed by atoms with Crippen LogP contribution in [0.2, 0.25) is 0 Å². The molecule has 2 atom stereocenters. The van der Waals surface area contributed by atoms with Gasteiger partial charge in [0, 0.05) is 6.20 Å². The van der Waals surface area contributed by atoms with Crippen molar-refractivity contribution in [3.05, 3.63) is 52.5 Å². The first-order valence-corrected chi connectivity index (χ1v) is 5.54. The van der Waals surface area contributed by atoms with E-state index < -0.39 is 12.1 Å². The van der Waals surface area contributed by atoms with Crippen molar-refractivity contribution in [3.8, 4) is 0 Å². The predicted molar refractivity (Wildman–Crippen MR) is 60.4 cm³/mol. The van der Waals surface area contributed by atoms with Gasteiger partial charge < -0.3 is 10.8 Å². The standard InChI is InChI=1S/C11H12N2OS/c12-10(8-4-2-1-3-5-8)11(14)9-6-13-7-15-9/h1-7,10-11,14H,12H2. The number of rotatable bonds is 3. The minimum atomic E-state index is -0.681. The zero-order valence-corrected chi connectivity index (χ0v) is 8.89. The van der Waals surface area contributed by atoms with Crippen molar-refractivity contribution in [3.63, 3.8) is 0 Å². The maximum Gasteiger partial charge on any atom is 0.109 e. The number of nitrogens with zero attached hydrogens (tertiary/aromatic N) is 1. The highest BCUT2D eigenvalue weighted by molar-refractivity contribution is 7.09. The Balaban J connectivity index is 2.18. The van der Waals surface area contributed by atoms with Crippen LogP contribution in [-0.4, -0.2) is 10.1 Å². The smallest absolute Gasteiger partial charge is 0.109 e. The van der Waals surface area contributed by atoms with E-state index in [9.17, 15) is 5.11 Å². The van der Waals surface area contributed by atoms with E-state index in [2.05, 4.69) is 4.98 Å². The van der Waals surface area contributed by atoms with Crippen molar-refractivity contribution in [2.24, 2.45) is 5.73 Å². The summed E-state index contributed by atoms with van der Waals surface area (Å²) in [5.74, 6) is 0. The Kier molecular flexibility index (Phi) is 3.11. The molecule has 4 heteroatoms. The lowest BCUT2D eigenvalue weighted by Crippen LogP contribution is -2.18. The van der Waals surface area contributed by atoms with Crippen molar-refractivity contribution >= 4 is 11.3 Å². The minimum Gasteiger partial charge on any atom is -0.386 e. The van der Waals surface area contributed by atoms with Crippen LogP contribution >= 0.6 is 11.3 Å². The molecule has 0 saturated carbocycles. The molecule has 2 unspecified atom stereocenters. The Hall–Kier alpha value is -1.23. The van der Waals surface area contributed by atoms with Crippen molar-refractivity contribution in [1.29, 1.82) is 0 Å². The SMILES string of the molecule is NC(c1ccccc1)C(O)c1cncs1. The monoisotopic (exact) mass is 220 g/mol. The highest BCUT2D eigenvalue weighted by Crippen LogP contribution is 2.28. The van der Waals surface area contributed by atoms with Crippen LogP contribution in [0.3, 0.4) is 0 Å². The molecule has 0 bridgehead atoms. The summed E-state index contributed by atoms with van der Waals surface area (Å²) in [6, 6.07) is 9.18. The number of hydrogen-bond acceptors (Lipinski definition) is 4. The van der Waals surface area contributed by atoms with Crippen LogP contribution in [0, 0.1) is 0 Å². The number of hydrogen-bond donors (Lipinski definition) is 2. The average Bonchev–Trinajstić information content (AvgIpc) is 2.82. The molecular weight excluding hydrogens is 208 g/mol. The molecule has 0 aliphatic carbocycles. The Morgan fingerprint density at radius 3 is 2.60 bits per heavy atom. The van der Waals surface area contributed by atoms with E-state index in [0.29, 0.717) is 0 Å². The van der Waals surface area contributed by atoms with Gasteiger partial charge in [0.05, 0.1) is 16.4 Å². The fourth-order valence-electron chi connectivity index (χ4n) is 1.41. The summed E-state index contributed by atoms with van der Waals surface area (Å²) in [4.78, 5) is 4.72. The van der Waals surface area contributed by atoms with Gasteiger partial charge in [-0.05, 0) is 5.56 Å². The molecule has 3 nitrogen and oxygen atoms in total. The van der Waals surface area contributed by atoms with Crippen molar-refractivity contribution < 1.29 is 5.11 Å². The zero-order chi connectivity index (χ0) is 10.7. The van der Waals surface area contributed by atoms with Gasteiger partial charge in [-0.3, -0.25) is 4.98 Å². The molecule has 0 fully saturated rings. The molecule has 0 aliphatic heterocycles. The lowest BCUT2D eigenvalue weighted by Gasteiger charge is -2.17. The van der Waals surface area contributed by atoms with Gasteiger partial charge in [-0.25, -0.2) is 0 Å². The second kappa shape index (κ2) is 4.53. The fraction of sp³-hybridized carbons (Fsp3) is 0.182. The van der Waals surface area contributed by atoms with Gasteiger partial charge in [0.2, 0.25) is 0 Å². The van der Waals surface area contributed by atoms with E-state index >= 15 is 0 Å². The molecule has 0 amide bonds. The lowest BCUT2D eigenvalue weighted by molar-refractivity contribution is 0.150. The Bertz CT molecular complexity index is 402. The summed E-state index contributed by atoms with van der Waals surface area (Å²) < 4.78 is 0. The summed E-state index contributed by atoms with van der Waals surface area (Å²) in [6.45, 7) is 0. The van der Waals surface area contributed by atoms with Crippen LogP contribution in [0.4, 0.5) is 0 Å². The fourth-order valence-corrected chi connectivity index (χ4v) is 2.06. The first-order valence-electron chi connectivity index (χ1n) is 4.66. The molecule has 3 N–H and O–H groups in total. The van der Waals surface area contributed by atoms with Crippen LogP contribution in [0.1, 0.15) is 22.6 Å². The topological polar surface area (TPSA) is 59.1 Å². The minimum absolute atomic E-state index is 0.397. The van der Waals surface area contributed by atoms with E-state index in [4.69, 9.17) is 5.73 Å². The van der Waals surface area contributed by atoms with E-state index in [1.807, 2.05) is 30.3 Å². The molecule has 2 aromatic rings. The Morgan fingerprint density at radius 2 is 2.00 bits per heavy atom. The summed E-state index contributed by atoms with van der Waals surface area (Å²) in [7, 11) is 0. The Labute approximate surface area is 92.2 Å². The van der Waals surface area contributed by atoms with Gasteiger partial charge in [-0.1, -0.05) is 30.3 Å². The van der Waals surface area contributed by atoms with Gasteiger partial charge in [-0.2, -0.15) is 0 Å². The molecule has 0 spiro atoms. The average molecular weight is 220 g/mol. The van der Waals surface area contributed by atoms with Gasteiger partial charge in [0.15, 0.2) is 0 Å². The first kappa shape index (κ1) is 10.3. The van der Waals surface area contributed by atoms with Gasteiger partial charge >= 0.3 is 0 Å². The molecule has 0 aliphatic rings. The Morgan fingerprint density at radius 1 is 1.27 bits per heavy atom. The van der Waals surface area contributed by atoms with Gasteiger partial charge in [0.25, 0.3) is 0 Å². The third-order valence-corrected chi connectivity index (χ3v) is 3.11. The van der Waals surface area contributed by atoms with Crippen LogP contribution in [0.5, 0.6) is 0 Å². The molecule has 0 saturated heterocycles. The number of aliphatic hydroxyl groups is 1. The maximum atomic E-state index is 9.98. The van der Waals surface area contributed by atoms with Crippen molar-refractivity contribution in [1.82, 2.24) is 4.98 Å². The number of benzene rings is 1. The number of nitrogens with two attached hydrogens (primary N) is 1. The van der Waals surface area contributed by atoms with Gasteiger partial charge in [0.1, 0.15) is 6.10 Å². The van der Waals surface area contributed by atoms with Crippen molar-refractivity contribution in [2.75, 3.05) is 0 Å². The number of aromatic nitrogens is 1. The molecule has 0 radical (unpaired) electrons. The van der Waals surface area contributed by atoms with Crippen molar-refractivity contribution in [2.45, 2.75) is 12.1 Å². The highest BCUT2D eigenvalue weighted by atomic mass is 32.1. The second-order valence-electron chi connectivity index (χ2n) is 3.29. The third kappa shape index (κ3) is 2.23. The second-order valence-corrected chi connectivity index (χ2v) is 4.20. The maximum absolute atomic E-state index is 9.98. The summed E-state index contributed by atoms with van der Waals surface area (Å²) in [5, 5.41) is 9.98. The normalized spacial score (nSPS) is 14.8. The van der Waals surface area contributed by atoms with Gasteiger partial charge in [-0.15, -0.1) is 11.3 Å². The van der Waals surface area contributed by atoms with Crippen LogP contribution in [0.15, 0.2) is 42.0 Å². The van der Waals surface area contributed by atoms with Crippen LogP contribution in [0.25, 0.3) is 0 Å². The van der Waals surface area contributed by atoms with E-state index in [0.717, 1.165) is 10.4 Å². The molecule has 1 aromatic carbocycles. The highest BCUT2D eigenvalue weighted by Gasteiger charge is 2.19. The van der Waals surface area contributed by atoms with Crippen LogP contribution < -0.4 is 5.73 Å². The lowest BCUT2D eigenvalue weighted by atomic mass is 10.0. The van der Waals surface area contributed by atoms with E-state index in [1.54, 1.807) is 11.7 Å². The first-order chi connectivity index (χ1) is 7.29. The predicted octanol–water partition coefficient (Wildman–Crippen LogP) is 1.88. The molecular formula is C11H12N2OS. The third-order valence-electron chi connectivity index (χ3n) is 2.27.